The van der Waals surface area contributed by atoms with Gasteiger partial charge in [0.1, 0.15) is 0 Å². The number of hydrogen-bond donors (Lipinski definition) is 1. The quantitative estimate of drug-likeness (QED) is 0.814. The van der Waals surface area contributed by atoms with E-state index in [0.717, 1.165) is 10.5 Å². The molecule has 0 radical (unpaired) electrons. The van der Waals surface area contributed by atoms with E-state index >= 15 is 0 Å². The first-order valence-corrected chi connectivity index (χ1v) is 10.3. The molecule has 0 spiro atoms. The summed E-state index contributed by atoms with van der Waals surface area (Å²) in [6, 6.07) is 13.5. The minimum absolute atomic E-state index is 0.147. The van der Waals surface area contributed by atoms with Crippen molar-refractivity contribution < 1.29 is 14.3 Å². The predicted molar refractivity (Wildman–Crippen MR) is 100 cm³/mol. The molecule has 26 heavy (non-hydrogen) atoms. The summed E-state index contributed by atoms with van der Waals surface area (Å²) in [6.07, 6.45) is 3.62. The average molecular weight is 384 g/mol. The van der Waals surface area contributed by atoms with E-state index in [2.05, 4.69) is 6.07 Å². The van der Waals surface area contributed by atoms with Crippen molar-refractivity contribution in [1.82, 2.24) is 4.90 Å². The highest BCUT2D eigenvalue weighted by Gasteiger charge is 2.53. The van der Waals surface area contributed by atoms with E-state index in [1.165, 1.54) is 22.9 Å². The number of rotatable bonds is 3. The first-order valence-electron chi connectivity index (χ1n) is 8.09. The molecule has 2 aromatic rings. The summed E-state index contributed by atoms with van der Waals surface area (Å²) in [7, 11) is 0. The van der Waals surface area contributed by atoms with Crippen molar-refractivity contribution >= 4 is 29.4 Å². The van der Waals surface area contributed by atoms with Gasteiger partial charge >= 0.3 is 0 Å². The summed E-state index contributed by atoms with van der Waals surface area (Å²) in [6.45, 7) is 0. The van der Waals surface area contributed by atoms with E-state index in [9.17, 15) is 15.2 Å². The van der Waals surface area contributed by atoms with Crippen LogP contribution in [0.5, 0.6) is 0 Å². The highest BCUT2D eigenvalue weighted by Crippen LogP contribution is 2.51. The summed E-state index contributed by atoms with van der Waals surface area (Å²) in [5.74, 6) is 0.0570. The maximum Gasteiger partial charge on any atom is 0.231 e. The lowest BCUT2D eigenvalue weighted by Crippen LogP contribution is -2.48. The zero-order valence-corrected chi connectivity index (χ0v) is 15.6. The van der Waals surface area contributed by atoms with Crippen LogP contribution in [0.3, 0.4) is 0 Å². The zero-order chi connectivity index (χ0) is 18.3. The number of benzene rings is 1. The molecule has 1 N–H and O–H groups in total. The topological polar surface area (TPSA) is 77.5 Å². The standard InChI is InChI=1S/C19H16N2O3S2/c1-25-13-6-4-12(5-7-13)14-9-17(22)21-18(15(14)10-20)26-11-19(21,23)16-3-2-8-24-16/h2-8,14,23H,9,11H2,1H3/t14-,19+/m1/s1. The smallest absolute Gasteiger partial charge is 0.231 e. The summed E-state index contributed by atoms with van der Waals surface area (Å²) >= 11 is 2.97. The van der Waals surface area contributed by atoms with Gasteiger partial charge in [-0.15, -0.1) is 23.5 Å². The Balaban J connectivity index is 1.78. The Labute approximate surface area is 159 Å². The van der Waals surface area contributed by atoms with Gasteiger partial charge < -0.3 is 9.52 Å². The summed E-state index contributed by atoms with van der Waals surface area (Å²) in [5, 5.41) is 21.4. The fourth-order valence-electron chi connectivity index (χ4n) is 3.44. The third-order valence-corrected chi connectivity index (χ3v) is 6.71. The van der Waals surface area contributed by atoms with Gasteiger partial charge in [-0.3, -0.25) is 9.69 Å². The van der Waals surface area contributed by atoms with Gasteiger partial charge in [-0.2, -0.15) is 5.26 Å². The first kappa shape index (κ1) is 17.3. The Kier molecular flexibility index (Phi) is 4.35. The molecule has 1 aromatic carbocycles. The van der Waals surface area contributed by atoms with E-state index in [1.807, 2.05) is 30.5 Å². The number of nitriles is 1. The molecular weight excluding hydrogens is 368 g/mol. The molecule has 0 unspecified atom stereocenters. The molecule has 0 bridgehead atoms. The van der Waals surface area contributed by atoms with Gasteiger partial charge in [0.2, 0.25) is 11.6 Å². The molecule has 0 saturated carbocycles. The maximum absolute atomic E-state index is 12.9. The second-order valence-electron chi connectivity index (χ2n) is 6.17. The summed E-state index contributed by atoms with van der Waals surface area (Å²) in [5.41, 5.74) is -0.0843. The lowest BCUT2D eigenvalue weighted by atomic mass is 9.86. The number of aliphatic hydroxyl groups is 1. The largest absolute Gasteiger partial charge is 0.464 e. The molecule has 1 aromatic heterocycles. The van der Waals surface area contributed by atoms with Gasteiger partial charge in [0, 0.05) is 17.2 Å². The van der Waals surface area contributed by atoms with Crippen molar-refractivity contribution in [2.75, 3.05) is 12.0 Å². The normalized spacial score (nSPS) is 25.3. The molecule has 132 valence electrons. The zero-order valence-electron chi connectivity index (χ0n) is 14.0. The molecule has 5 nitrogen and oxygen atoms in total. The summed E-state index contributed by atoms with van der Waals surface area (Å²) in [4.78, 5) is 15.4. The number of nitrogens with zero attached hydrogens (tertiary/aromatic N) is 2. The molecule has 3 heterocycles. The monoisotopic (exact) mass is 384 g/mol. The third kappa shape index (κ3) is 2.57. The Morgan fingerprint density at radius 3 is 2.77 bits per heavy atom. The minimum atomic E-state index is -1.55. The van der Waals surface area contributed by atoms with Gasteiger partial charge in [-0.05, 0) is 36.1 Å². The van der Waals surface area contributed by atoms with E-state index < -0.39 is 5.72 Å². The molecule has 2 aliphatic rings. The van der Waals surface area contributed by atoms with E-state index in [0.29, 0.717) is 16.4 Å². The van der Waals surface area contributed by atoms with Crippen LogP contribution in [0.1, 0.15) is 23.7 Å². The van der Waals surface area contributed by atoms with Crippen LogP contribution in [0, 0.1) is 11.3 Å². The first-order chi connectivity index (χ1) is 12.6. The lowest BCUT2D eigenvalue weighted by molar-refractivity contribution is -0.152. The molecule has 0 aliphatic carbocycles. The van der Waals surface area contributed by atoms with Gasteiger partial charge in [-0.25, -0.2) is 0 Å². The number of fused-ring (bicyclic) bond motifs is 1. The van der Waals surface area contributed by atoms with Gasteiger partial charge in [0.05, 0.1) is 28.7 Å². The van der Waals surface area contributed by atoms with Crippen LogP contribution in [0.2, 0.25) is 0 Å². The number of hydrogen-bond acceptors (Lipinski definition) is 6. The molecule has 7 heteroatoms. The van der Waals surface area contributed by atoms with Gasteiger partial charge in [-0.1, -0.05) is 12.1 Å². The number of carbonyl (C=O) groups excluding carboxylic acids is 1. The molecule has 2 aliphatic heterocycles. The van der Waals surface area contributed by atoms with Crippen molar-refractivity contribution in [3.8, 4) is 6.07 Å². The fourth-order valence-corrected chi connectivity index (χ4v) is 5.18. The Morgan fingerprint density at radius 2 is 2.15 bits per heavy atom. The molecule has 2 atom stereocenters. The van der Waals surface area contributed by atoms with Crippen LogP contribution in [0.4, 0.5) is 0 Å². The van der Waals surface area contributed by atoms with Crippen molar-refractivity contribution in [2.24, 2.45) is 0 Å². The highest BCUT2D eigenvalue weighted by atomic mass is 32.2. The number of carbonyl (C=O) groups is 1. The second kappa shape index (κ2) is 6.54. The van der Waals surface area contributed by atoms with Crippen LogP contribution < -0.4 is 0 Å². The fraction of sp³-hybridized carbons (Fsp3) is 0.263. The number of thioether (sulfide) groups is 2. The number of amides is 1. The van der Waals surface area contributed by atoms with E-state index in [1.54, 1.807) is 23.9 Å². The van der Waals surface area contributed by atoms with Crippen LogP contribution in [0.25, 0.3) is 0 Å². The van der Waals surface area contributed by atoms with Crippen LogP contribution >= 0.6 is 23.5 Å². The number of furan rings is 1. The Morgan fingerprint density at radius 1 is 1.38 bits per heavy atom. The Hall–Kier alpha value is -2.14. The molecule has 1 saturated heterocycles. The maximum atomic E-state index is 12.9. The highest BCUT2D eigenvalue weighted by molar-refractivity contribution is 8.03. The lowest BCUT2D eigenvalue weighted by Gasteiger charge is -2.36. The van der Waals surface area contributed by atoms with Gasteiger partial charge in [0.25, 0.3) is 0 Å². The van der Waals surface area contributed by atoms with Crippen LogP contribution in [-0.4, -0.2) is 27.9 Å². The average Bonchev–Trinajstić information content (AvgIpc) is 3.31. The molecular formula is C19H16N2O3S2. The van der Waals surface area contributed by atoms with Crippen molar-refractivity contribution in [3.05, 3.63) is 64.6 Å². The number of allylic oxidation sites excluding steroid dienone is 1. The molecule has 4 rings (SSSR count). The third-order valence-electron chi connectivity index (χ3n) is 4.74. The van der Waals surface area contributed by atoms with E-state index in [-0.39, 0.29) is 24.0 Å². The Bertz CT molecular complexity index is 915. The van der Waals surface area contributed by atoms with Crippen LogP contribution in [-0.2, 0) is 10.5 Å². The molecule has 1 fully saturated rings. The summed E-state index contributed by atoms with van der Waals surface area (Å²) < 4.78 is 5.36. The van der Waals surface area contributed by atoms with Crippen molar-refractivity contribution in [3.63, 3.8) is 0 Å². The van der Waals surface area contributed by atoms with Crippen molar-refractivity contribution in [1.29, 1.82) is 5.26 Å². The van der Waals surface area contributed by atoms with Crippen LogP contribution in [0.15, 0.2) is 62.6 Å². The van der Waals surface area contributed by atoms with E-state index in [4.69, 9.17) is 4.42 Å². The SMILES string of the molecule is CSc1ccc([C@H]2CC(=O)N3C(=C2C#N)SC[C@]3(O)c2ccco2)cc1. The molecule has 1 amide bonds. The predicted octanol–water partition coefficient (Wildman–Crippen LogP) is 3.64. The van der Waals surface area contributed by atoms with Gasteiger partial charge in [0.15, 0.2) is 5.76 Å². The second-order valence-corrected chi connectivity index (χ2v) is 8.02. The minimum Gasteiger partial charge on any atom is -0.464 e. The van der Waals surface area contributed by atoms with Crippen molar-refractivity contribution in [2.45, 2.75) is 23.0 Å².